The van der Waals surface area contributed by atoms with Crippen molar-refractivity contribution in [2.45, 2.75) is 82.3 Å². The van der Waals surface area contributed by atoms with Gasteiger partial charge in [-0.3, -0.25) is 0 Å². The van der Waals surface area contributed by atoms with Gasteiger partial charge < -0.3 is 11.1 Å². The van der Waals surface area contributed by atoms with Crippen LogP contribution in [-0.2, 0) is 0 Å². The maximum atomic E-state index is 14.1. The van der Waals surface area contributed by atoms with Crippen LogP contribution in [0.25, 0.3) is 5.57 Å². The first-order valence-electron chi connectivity index (χ1n) is 9.67. The predicted molar refractivity (Wildman–Crippen MR) is 114 cm³/mol. The number of nitrogens with one attached hydrogen (secondary N) is 1. The average molecular weight is 353 g/mol. The van der Waals surface area contributed by atoms with Crippen LogP contribution in [-0.4, -0.2) is 6.17 Å². The van der Waals surface area contributed by atoms with Crippen molar-refractivity contribution in [2.75, 3.05) is 0 Å². The van der Waals surface area contributed by atoms with E-state index >= 15 is 0 Å². The van der Waals surface area contributed by atoms with E-state index in [4.69, 9.17) is 5.73 Å². The molecular weight excluding hydrogens is 311 g/mol. The first kappa shape index (κ1) is 28.2. The van der Waals surface area contributed by atoms with Crippen LogP contribution < -0.4 is 11.1 Å². The highest BCUT2D eigenvalue weighted by molar-refractivity contribution is 5.78. The fourth-order valence-electron chi connectivity index (χ4n) is 1.96. The molecule has 3 heteroatoms. The van der Waals surface area contributed by atoms with Gasteiger partial charge in [0.25, 0.3) is 0 Å². The fraction of sp³-hybridized carbons (Fsp3) is 0.545. The van der Waals surface area contributed by atoms with Crippen molar-refractivity contribution in [3.8, 4) is 0 Å². The average Bonchev–Trinajstić information content (AvgIpc) is 2.68. The van der Waals surface area contributed by atoms with E-state index in [1.54, 1.807) is 19.2 Å². The Bertz CT molecular complexity index is 517. The highest BCUT2D eigenvalue weighted by Crippen LogP contribution is 2.27. The van der Waals surface area contributed by atoms with Gasteiger partial charge in [0.2, 0.25) is 0 Å². The molecule has 2 nitrogen and oxygen atoms in total. The molecule has 146 valence electrons. The zero-order chi connectivity index (χ0) is 20.6. The summed E-state index contributed by atoms with van der Waals surface area (Å²) in [6.07, 6.45) is 3.54. The molecule has 0 spiro atoms. The van der Waals surface area contributed by atoms with Crippen molar-refractivity contribution in [2.24, 2.45) is 5.73 Å². The van der Waals surface area contributed by atoms with E-state index in [1.807, 2.05) is 81.4 Å². The second-order valence-corrected chi connectivity index (χ2v) is 4.52. The van der Waals surface area contributed by atoms with Gasteiger partial charge in [-0.05, 0) is 37.5 Å². The Labute approximate surface area is 156 Å². The molecule has 1 heterocycles. The van der Waals surface area contributed by atoms with E-state index in [0.29, 0.717) is 11.1 Å². The molecule has 0 saturated carbocycles. The van der Waals surface area contributed by atoms with Crippen LogP contribution in [0, 0.1) is 19.7 Å². The lowest BCUT2D eigenvalue weighted by atomic mass is 9.95. The quantitative estimate of drug-likeness (QED) is 0.588. The molecule has 2 rings (SSSR count). The third-order valence-corrected chi connectivity index (χ3v) is 3.12. The zero-order valence-corrected chi connectivity index (χ0v) is 18.3. The van der Waals surface area contributed by atoms with Gasteiger partial charge in [0.1, 0.15) is 5.82 Å². The topological polar surface area (TPSA) is 38.0 Å². The molecule has 0 aromatic heterocycles. The standard InChI is InChI=1S/C14H17FN2.4C2H6/c1-8-4-5-9(2)13(15)12(8)11-6-10(3)14(16)17-7-11;4*1-2/h4-7,14,17H,16H2,1-3H3;4*1-2H3. The molecule has 1 unspecified atom stereocenters. The van der Waals surface area contributed by atoms with Crippen LogP contribution in [0.2, 0.25) is 0 Å². The molecule has 1 aliphatic rings. The summed E-state index contributed by atoms with van der Waals surface area (Å²) in [7, 11) is 0. The van der Waals surface area contributed by atoms with Crippen molar-refractivity contribution in [3.05, 3.63) is 52.5 Å². The molecule has 3 N–H and O–H groups in total. The summed E-state index contributed by atoms with van der Waals surface area (Å²) in [6.45, 7) is 21.6. The van der Waals surface area contributed by atoms with Gasteiger partial charge in [0.15, 0.2) is 0 Å². The molecule has 0 bridgehead atoms. The SMILES string of the molecule is CC.CC.CC.CC.CC1=CC(c2c(C)ccc(C)c2F)=CNC1N. The maximum absolute atomic E-state index is 14.1. The van der Waals surface area contributed by atoms with Gasteiger partial charge in [0.05, 0.1) is 6.17 Å². The third kappa shape index (κ3) is 8.87. The number of rotatable bonds is 1. The molecule has 1 atom stereocenters. The molecule has 0 aliphatic carbocycles. The van der Waals surface area contributed by atoms with Crippen LogP contribution in [0.3, 0.4) is 0 Å². The van der Waals surface area contributed by atoms with Gasteiger partial charge in [-0.15, -0.1) is 0 Å². The van der Waals surface area contributed by atoms with Crippen LogP contribution in [0.5, 0.6) is 0 Å². The minimum atomic E-state index is -0.174. The number of benzene rings is 1. The van der Waals surface area contributed by atoms with Crippen molar-refractivity contribution in [3.63, 3.8) is 0 Å². The van der Waals surface area contributed by atoms with Crippen LogP contribution >= 0.6 is 0 Å². The summed E-state index contributed by atoms with van der Waals surface area (Å²) in [5.41, 5.74) is 9.91. The van der Waals surface area contributed by atoms with Gasteiger partial charge >= 0.3 is 0 Å². The Morgan fingerprint density at radius 2 is 1.28 bits per heavy atom. The molecule has 0 amide bonds. The number of aryl methyl sites for hydroxylation is 2. The van der Waals surface area contributed by atoms with Crippen molar-refractivity contribution < 1.29 is 4.39 Å². The lowest BCUT2D eigenvalue weighted by Gasteiger charge is -2.21. The number of dihydropyridines is 1. The Kier molecular flexibility index (Phi) is 19.4. The van der Waals surface area contributed by atoms with Gasteiger partial charge in [0, 0.05) is 17.3 Å². The number of hydrogen-bond donors (Lipinski definition) is 2. The summed E-state index contributed by atoms with van der Waals surface area (Å²) >= 11 is 0. The summed E-state index contributed by atoms with van der Waals surface area (Å²) in [5, 5.41) is 3.03. The van der Waals surface area contributed by atoms with Crippen molar-refractivity contribution >= 4 is 5.57 Å². The van der Waals surface area contributed by atoms with Gasteiger partial charge in [-0.2, -0.15) is 0 Å². The third-order valence-electron chi connectivity index (χ3n) is 3.12. The largest absolute Gasteiger partial charge is 0.372 e. The highest BCUT2D eigenvalue weighted by atomic mass is 19.1. The normalized spacial score (nSPS) is 14.2. The zero-order valence-electron chi connectivity index (χ0n) is 18.3. The number of nitrogens with two attached hydrogens (primary N) is 1. The maximum Gasteiger partial charge on any atom is 0.134 e. The highest BCUT2D eigenvalue weighted by Gasteiger charge is 2.16. The summed E-state index contributed by atoms with van der Waals surface area (Å²) in [5.74, 6) is -0.155. The number of halogens is 1. The Morgan fingerprint density at radius 3 is 1.72 bits per heavy atom. The second kappa shape index (κ2) is 17.2. The Balaban J connectivity index is -0.000000533. The number of allylic oxidation sites excluding steroid dienone is 2. The van der Waals surface area contributed by atoms with Gasteiger partial charge in [-0.1, -0.05) is 73.6 Å². The molecule has 1 aliphatic heterocycles. The molecular formula is C22H41FN2. The van der Waals surface area contributed by atoms with Crippen LogP contribution in [0.1, 0.15) is 79.0 Å². The van der Waals surface area contributed by atoms with E-state index in [0.717, 1.165) is 16.7 Å². The predicted octanol–water partition coefficient (Wildman–Crippen LogP) is 6.72. The number of hydrogen-bond acceptors (Lipinski definition) is 2. The summed E-state index contributed by atoms with van der Waals surface area (Å²) in [4.78, 5) is 0. The van der Waals surface area contributed by atoms with Crippen molar-refractivity contribution in [1.29, 1.82) is 0 Å². The van der Waals surface area contributed by atoms with Gasteiger partial charge in [-0.25, -0.2) is 4.39 Å². The summed E-state index contributed by atoms with van der Waals surface area (Å²) in [6, 6.07) is 3.74. The lowest BCUT2D eigenvalue weighted by Crippen LogP contribution is -2.36. The molecule has 0 radical (unpaired) electrons. The van der Waals surface area contributed by atoms with E-state index < -0.39 is 0 Å². The van der Waals surface area contributed by atoms with Crippen LogP contribution in [0.4, 0.5) is 4.39 Å². The van der Waals surface area contributed by atoms with E-state index in [2.05, 4.69) is 5.32 Å². The summed E-state index contributed by atoms with van der Waals surface area (Å²) < 4.78 is 14.1. The lowest BCUT2D eigenvalue weighted by molar-refractivity contribution is 0.612. The second-order valence-electron chi connectivity index (χ2n) is 4.52. The molecule has 25 heavy (non-hydrogen) atoms. The first-order valence-corrected chi connectivity index (χ1v) is 9.67. The minimum Gasteiger partial charge on any atom is -0.372 e. The fourth-order valence-corrected chi connectivity index (χ4v) is 1.96. The first-order chi connectivity index (χ1) is 12.0. The minimum absolute atomic E-state index is 0.155. The monoisotopic (exact) mass is 352 g/mol. The van der Waals surface area contributed by atoms with E-state index in [9.17, 15) is 4.39 Å². The smallest absolute Gasteiger partial charge is 0.134 e. The Morgan fingerprint density at radius 1 is 0.840 bits per heavy atom. The Hall–Kier alpha value is -1.61. The van der Waals surface area contributed by atoms with E-state index in [1.165, 1.54) is 0 Å². The molecule has 0 fully saturated rings. The van der Waals surface area contributed by atoms with E-state index in [-0.39, 0.29) is 12.0 Å². The molecule has 1 aromatic rings. The molecule has 1 aromatic carbocycles. The van der Waals surface area contributed by atoms with Crippen LogP contribution in [0.15, 0.2) is 30.0 Å². The molecule has 0 saturated heterocycles. The van der Waals surface area contributed by atoms with Crippen molar-refractivity contribution in [1.82, 2.24) is 5.32 Å².